The lowest BCUT2D eigenvalue weighted by Crippen LogP contribution is -2.25. The van der Waals surface area contributed by atoms with Crippen LogP contribution in [0.3, 0.4) is 0 Å². The van der Waals surface area contributed by atoms with E-state index < -0.39 is 0 Å². The van der Waals surface area contributed by atoms with Crippen molar-refractivity contribution in [3.8, 4) is 0 Å². The minimum atomic E-state index is 0.964. The van der Waals surface area contributed by atoms with Crippen LogP contribution in [0.1, 0.15) is 51.0 Å². The molecule has 0 spiro atoms. The first-order chi connectivity index (χ1) is 13.8. The van der Waals surface area contributed by atoms with Gasteiger partial charge in [0.05, 0.1) is 6.67 Å². The Labute approximate surface area is 169 Å². The SMILES string of the molecule is CCCCCCCCN1C=CN(Cc2c3ccccc3cc3ccccc23)C1. The maximum Gasteiger partial charge on any atom is 0.0897 e. The van der Waals surface area contributed by atoms with E-state index in [9.17, 15) is 0 Å². The predicted molar refractivity (Wildman–Crippen MR) is 121 cm³/mol. The third-order valence-corrected chi connectivity index (χ3v) is 5.89. The van der Waals surface area contributed by atoms with Gasteiger partial charge >= 0.3 is 0 Å². The van der Waals surface area contributed by atoms with E-state index in [1.165, 1.54) is 72.2 Å². The van der Waals surface area contributed by atoms with Crippen molar-refractivity contribution in [1.29, 1.82) is 0 Å². The van der Waals surface area contributed by atoms with Crippen LogP contribution in [0.25, 0.3) is 21.5 Å². The molecule has 1 aliphatic heterocycles. The predicted octanol–water partition coefficient (Wildman–Crippen LogP) is 6.90. The summed E-state index contributed by atoms with van der Waals surface area (Å²) in [4.78, 5) is 4.92. The van der Waals surface area contributed by atoms with Gasteiger partial charge in [0, 0.05) is 25.5 Å². The molecule has 28 heavy (non-hydrogen) atoms. The maximum atomic E-state index is 2.47. The molecule has 0 aliphatic carbocycles. The molecule has 2 heteroatoms. The van der Waals surface area contributed by atoms with Gasteiger partial charge in [-0.05, 0) is 39.6 Å². The highest BCUT2D eigenvalue weighted by molar-refractivity contribution is 6.02. The minimum Gasteiger partial charge on any atom is -0.359 e. The second-order valence-corrected chi connectivity index (χ2v) is 8.06. The van der Waals surface area contributed by atoms with Crippen LogP contribution >= 0.6 is 0 Å². The Hall–Kier alpha value is -2.48. The Balaban J connectivity index is 1.42. The Morgan fingerprint density at radius 3 is 2.04 bits per heavy atom. The number of nitrogens with zero attached hydrogens (tertiary/aromatic N) is 2. The lowest BCUT2D eigenvalue weighted by molar-refractivity contribution is 0.257. The zero-order chi connectivity index (χ0) is 19.2. The molecule has 0 aromatic heterocycles. The summed E-state index contributed by atoms with van der Waals surface area (Å²) in [7, 11) is 0. The number of hydrogen-bond donors (Lipinski definition) is 0. The Kier molecular flexibility index (Phi) is 6.16. The van der Waals surface area contributed by atoms with Gasteiger partial charge in [-0.3, -0.25) is 0 Å². The van der Waals surface area contributed by atoms with Gasteiger partial charge in [0.25, 0.3) is 0 Å². The number of fused-ring (bicyclic) bond motifs is 2. The van der Waals surface area contributed by atoms with Crippen LogP contribution < -0.4 is 0 Å². The second-order valence-electron chi connectivity index (χ2n) is 8.06. The van der Waals surface area contributed by atoms with Crippen molar-refractivity contribution in [2.24, 2.45) is 0 Å². The summed E-state index contributed by atoms with van der Waals surface area (Å²) in [5.41, 5.74) is 1.44. The van der Waals surface area contributed by atoms with Gasteiger partial charge in [0.15, 0.2) is 0 Å². The van der Waals surface area contributed by atoms with Crippen molar-refractivity contribution < 1.29 is 0 Å². The molecule has 0 atom stereocenters. The Morgan fingerprint density at radius 1 is 0.714 bits per heavy atom. The fourth-order valence-electron chi connectivity index (χ4n) is 4.34. The molecule has 0 saturated heterocycles. The summed E-state index contributed by atoms with van der Waals surface area (Å²) in [5.74, 6) is 0. The molecule has 0 fully saturated rings. The summed E-state index contributed by atoms with van der Waals surface area (Å²) in [5, 5.41) is 5.43. The molecule has 1 heterocycles. The van der Waals surface area contributed by atoms with Gasteiger partial charge < -0.3 is 9.80 Å². The second kappa shape index (κ2) is 9.14. The fraction of sp³-hybridized carbons (Fsp3) is 0.385. The summed E-state index contributed by atoms with van der Waals surface area (Å²) < 4.78 is 0. The first-order valence-corrected chi connectivity index (χ1v) is 10.9. The zero-order valence-electron chi connectivity index (χ0n) is 17.1. The topological polar surface area (TPSA) is 6.48 Å². The van der Waals surface area contributed by atoms with Crippen LogP contribution in [-0.4, -0.2) is 23.0 Å². The Bertz CT molecular complexity index is 889. The molecule has 0 amide bonds. The lowest BCUT2D eigenvalue weighted by Gasteiger charge is -2.23. The van der Waals surface area contributed by atoms with Crippen LogP contribution in [0.2, 0.25) is 0 Å². The van der Waals surface area contributed by atoms with Crippen LogP contribution in [0.4, 0.5) is 0 Å². The van der Waals surface area contributed by atoms with Gasteiger partial charge in [-0.2, -0.15) is 0 Å². The number of rotatable bonds is 9. The molecule has 4 rings (SSSR count). The average Bonchev–Trinajstić information content (AvgIpc) is 3.18. The maximum absolute atomic E-state index is 2.47. The number of unbranched alkanes of at least 4 members (excludes halogenated alkanes) is 5. The van der Waals surface area contributed by atoms with Gasteiger partial charge in [-0.15, -0.1) is 0 Å². The summed E-state index contributed by atoms with van der Waals surface area (Å²) in [6, 6.07) is 19.9. The summed E-state index contributed by atoms with van der Waals surface area (Å²) >= 11 is 0. The van der Waals surface area contributed by atoms with E-state index >= 15 is 0 Å². The van der Waals surface area contributed by atoms with Crippen LogP contribution in [0, 0.1) is 0 Å². The molecular formula is C26H32N2. The standard InChI is InChI=1S/C26H32N2/c1-2-3-4-5-6-11-16-27-17-18-28(21-27)20-26-24-14-9-7-12-22(24)19-23-13-8-10-15-25(23)26/h7-10,12-15,17-19H,2-6,11,16,20-21H2,1H3. The van der Waals surface area contributed by atoms with E-state index in [1.807, 2.05) is 0 Å². The third kappa shape index (κ3) is 4.32. The molecule has 3 aromatic rings. The minimum absolute atomic E-state index is 0.964. The molecule has 0 bridgehead atoms. The molecule has 1 aliphatic rings. The largest absolute Gasteiger partial charge is 0.359 e. The van der Waals surface area contributed by atoms with Crippen LogP contribution in [0.15, 0.2) is 67.0 Å². The van der Waals surface area contributed by atoms with E-state index in [-0.39, 0.29) is 0 Å². The van der Waals surface area contributed by atoms with Gasteiger partial charge in [-0.25, -0.2) is 0 Å². The van der Waals surface area contributed by atoms with Crippen LogP contribution in [0.5, 0.6) is 0 Å². The van der Waals surface area contributed by atoms with Gasteiger partial charge in [0.2, 0.25) is 0 Å². The van der Waals surface area contributed by atoms with E-state index in [0.717, 1.165) is 13.2 Å². The normalized spacial score (nSPS) is 13.9. The molecule has 0 unspecified atom stereocenters. The first-order valence-electron chi connectivity index (χ1n) is 10.9. The molecule has 0 N–H and O–H groups in total. The molecule has 146 valence electrons. The molecule has 2 nitrogen and oxygen atoms in total. The van der Waals surface area contributed by atoms with Crippen molar-refractivity contribution >= 4 is 21.5 Å². The first kappa shape index (κ1) is 18.9. The molecular weight excluding hydrogens is 340 g/mol. The smallest absolute Gasteiger partial charge is 0.0897 e. The molecule has 0 saturated carbocycles. The zero-order valence-corrected chi connectivity index (χ0v) is 17.1. The van der Waals surface area contributed by atoms with Gasteiger partial charge in [0.1, 0.15) is 0 Å². The van der Waals surface area contributed by atoms with Crippen molar-refractivity contribution in [1.82, 2.24) is 9.80 Å². The third-order valence-electron chi connectivity index (χ3n) is 5.89. The van der Waals surface area contributed by atoms with E-state index in [2.05, 4.69) is 83.7 Å². The van der Waals surface area contributed by atoms with Crippen molar-refractivity contribution in [2.45, 2.75) is 52.0 Å². The number of hydrogen-bond acceptors (Lipinski definition) is 2. The van der Waals surface area contributed by atoms with E-state index in [0.29, 0.717) is 0 Å². The average molecular weight is 373 g/mol. The lowest BCUT2D eigenvalue weighted by atomic mass is 9.96. The number of benzene rings is 3. The van der Waals surface area contributed by atoms with Crippen molar-refractivity contribution in [2.75, 3.05) is 13.2 Å². The highest BCUT2D eigenvalue weighted by Crippen LogP contribution is 2.30. The fourth-order valence-corrected chi connectivity index (χ4v) is 4.34. The molecule has 3 aromatic carbocycles. The summed E-state index contributed by atoms with van der Waals surface area (Å²) in [6.45, 7) is 5.43. The monoisotopic (exact) mass is 372 g/mol. The Morgan fingerprint density at radius 2 is 1.32 bits per heavy atom. The van der Waals surface area contributed by atoms with E-state index in [1.54, 1.807) is 0 Å². The summed E-state index contributed by atoms with van der Waals surface area (Å²) in [6.07, 6.45) is 12.7. The van der Waals surface area contributed by atoms with E-state index in [4.69, 9.17) is 0 Å². The quantitative estimate of drug-likeness (QED) is 0.298. The van der Waals surface area contributed by atoms with Crippen molar-refractivity contribution in [3.63, 3.8) is 0 Å². The van der Waals surface area contributed by atoms with Crippen molar-refractivity contribution in [3.05, 3.63) is 72.6 Å². The van der Waals surface area contributed by atoms with Gasteiger partial charge in [-0.1, -0.05) is 87.6 Å². The molecule has 0 radical (unpaired) electrons. The highest BCUT2D eigenvalue weighted by Gasteiger charge is 2.15. The highest BCUT2D eigenvalue weighted by atomic mass is 15.3. The van der Waals surface area contributed by atoms with Crippen LogP contribution in [-0.2, 0) is 6.54 Å².